The van der Waals surface area contributed by atoms with Crippen LogP contribution in [-0.4, -0.2) is 54.0 Å². The lowest BCUT2D eigenvalue weighted by atomic mass is 10.0. The normalized spacial score (nSPS) is 22.0. The summed E-state index contributed by atoms with van der Waals surface area (Å²) in [6, 6.07) is 7.61. The lowest BCUT2D eigenvalue weighted by molar-refractivity contribution is -0.136. The van der Waals surface area contributed by atoms with Gasteiger partial charge in [0.25, 0.3) is 5.91 Å². The number of likely N-dealkylation sites (tertiary alicyclic amines) is 1. The molecule has 2 atom stereocenters. The number of carbonyl (C=O) groups excluding carboxylic acids is 2. The molecule has 2 heterocycles. The van der Waals surface area contributed by atoms with E-state index in [1.807, 2.05) is 34.5 Å². The largest absolute Gasteiger partial charge is 0.375 e. The van der Waals surface area contributed by atoms with Crippen LogP contribution in [0.1, 0.15) is 29.6 Å². The zero-order valence-corrected chi connectivity index (χ0v) is 16.1. The molecule has 1 saturated carbocycles. The number of carbonyl (C=O) groups is 2. The monoisotopic (exact) mass is 385 g/mol. The summed E-state index contributed by atoms with van der Waals surface area (Å²) in [7, 11) is 1.54. The van der Waals surface area contributed by atoms with Gasteiger partial charge < -0.3 is 15.0 Å². The molecule has 2 aromatic rings. The molecule has 1 saturated heterocycles. The van der Waals surface area contributed by atoms with Gasteiger partial charge in [-0.2, -0.15) is 0 Å². The van der Waals surface area contributed by atoms with Crippen molar-refractivity contribution in [1.82, 2.24) is 15.2 Å². The van der Waals surface area contributed by atoms with Gasteiger partial charge in [0, 0.05) is 30.2 Å². The highest BCUT2D eigenvalue weighted by molar-refractivity contribution is 7.07. The number of rotatable bonds is 6. The van der Waals surface area contributed by atoms with E-state index < -0.39 is 0 Å². The molecule has 1 aromatic carbocycles. The molecule has 1 aliphatic carbocycles. The average molecular weight is 385 g/mol. The number of nitrogens with one attached hydrogen (secondary N) is 1. The maximum Gasteiger partial charge on any atom is 0.251 e. The van der Waals surface area contributed by atoms with Gasteiger partial charge >= 0.3 is 0 Å². The number of ether oxygens (including phenoxy) is 1. The number of methoxy groups -OCH3 is 1. The first-order valence-electron chi connectivity index (χ1n) is 9.25. The zero-order chi connectivity index (χ0) is 18.8. The Labute approximate surface area is 162 Å². The molecule has 2 fully saturated rings. The van der Waals surface area contributed by atoms with Crippen molar-refractivity contribution >= 4 is 23.2 Å². The van der Waals surface area contributed by atoms with E-state index in [0.717, 1.165) is 30.5 Å². The van der Waals surface area contributed by atoms with Gasteiger partial charge in [0.2, 0.25) is 5.91 Å². The van der Waals surface area contributed by atoms with Crippen LogP contribution in [0.5, 0.6) is 0 Å². The van der Waals surface area contributed by atoms with E-state index in [1.54, 1.807) is 5.51 Å². The molecule has 1 N–H and O–H groups in total. The molecule has 27 heavy (non-hydrogen) atoms. The highest BCUT2D eigenvalue weighted by atomic mass is 32.1. The van der Waals surface area contributed by atoms with Crippen molar-refractivity contribution in [3.05, 3.63) is 40.7 Å². The molecule has 2 aliphatic rings. The highest BCUT2D eigenvalue weighted by Crippen LogP contribution is 2.40. The van der Waals surface area contributed by atoms with Gasteiger partial charge in [-0.1, -0.05) is 12.1 Å². The summed E-state index contributed by atoms with van der Waals surface area (Å²) in [5, 5.41) is 5.14. The van der Waals surface area contributed by atoms with Crippen molar-refractivity contribution in [1.29, 1.82) is 0 Å². The van der Waals surface area contributed by atoms with Crippen molar-refractivity contribution in [2.24, 2.45) is 5.92 Å². The summed E-state index contributed by atoms with van der Waals surface area (Å²) in [4.78, 5) is 31.4. The molecule has 2 amide bonds. The third-order valence-electron chi connectivity index (χ3n) is 5.32. The van der Waals surface area contributed by atoms with Crippen molar-refractivity contribution in [2.45, 2.75) is 31.3 Å². The summed E-state index contributed by atoms with van der Waals surface area (Å²) in [6.07, 6.45) is 3.02. The number of benzene rings is 1. The van der Waals surface area contributed by atoms with Crippen LogP contribution in [0.4, 0.5) is 0 Å². The molecule has 0 spiro atoms. The first kappa shape index (κ1) is 18.1. The second-order valence-electron chi connectivity index (χ2n) is 7.17. The van der Waals surface area contributed by atoms with Gasteiger partial charge in [0.15, 0.2) is 0 Å². The molecular formula is C20H23N3O3S. The molecule has 1 aliphatic heterocycles. The van der Waals surface area contributed by atoms with Crippen LogP contribution in [0.2, 0.25) is 0 Å². The summed E-state index contributed by atoms with van der Waals surface area (Å²) in [5.74, 6) is 0.403. The Hall–Kier alpha value is -2.25. The van der Waals surface area contributed by atoms with Crippen LogP contribution in [0.15, 0.2) is 35.2 Å². The topological polar surface area (TPSA) is 71.5 Å². The number of aromatic nitrogens is 1. The van der Waals surface area contributed by atoms with Crippen molar-refractivity contribution in [3.8, 4) is 11.3 Å². The smallest absolute Gasteiger partial charge is 0.251 e. The van der Waals surface area contributed by atoms with E-state index >= 15 is 0 Å². The quantitative estimate of drug-likeness (QED) is 0.830. The zero-order valence-electron chi connectivity index (χ0n) is 15.3. The van der Waals surface area contributed by atoms with Crippen molar-refractivity contribution in [2.75, 3.05) is 20.3 Å². The first-order valence-corrected chi connectivity index (χ1v) is 10.2. The number of nitrogens with zero attached hydrogens (tertiary/aromatic N) is 2. The number of amides is 2. The Morgan fingerprint density at radius 1 is 1.33 bits per heavy atom. The summed E-state index contributed by atoms with van der Waals surface area (Å²) in [5.41, 5.74) is 4.22. The minimum Gasteiger partial charge on any atom is -0.375 e. The minimum atomic E-state index is -0.0937. The fourth-order valence-electron chi connectivity index (χ4n) is 3.92. The van der Waals surface area contributed by atoms with Crippen LogP contribution in [0.3, 0.4) is 0 Å². The Balaban J connectivity index is 1.48. The average Bonchev–Trinajstić information content (AvgIpc) is 3.19. The van der Waals surface area contributed by atoms with E-state index in [0.29, 0.717) is 18.0 Å². The molecule has 6 nitrogen and oxygen atoms in total. The van der Waals surface area contributed by atoms with Gasteiger partial charge in [-0.05, 0) is 37.3 Å². The second-order valence-corrected chi connectivity index (χ2v) is 7.89. The van der Waals surface area contributed by atoms with E-state index in [1.165, 1.54) is 18.4 Å². The van der Waals surface area contributed by atoms with E-state index in [2.05, 4.69) is 10.3 Å². The van der Waals surface area contributed by atoms with Crippen LogP contribution < -0.4 is 5.32 Å². The van der Waals surface area contributed by atoms with Crippen LogP contribution in [0.25, 0.3) is 11.3 Å². The summed E-state index contributed by atoms with van der Waals surface area (Å²) < 4.78 is 5.02. The first-order chi connectivity index (χ1) is 13.2. The Morgan fingerprint density at radius 3 is 2.89 bits per heavy atom. The summed E-state index contributed by atoms with van der Waals surface area (Å²) in [6.45, 7) is 0.771. The maximum atomic E-state index is 12.9. The number of hydrogen-bond acceptors (Lipinski definition) is 5. The van der Waals surface area contributed by atoms with Gasteiger partial charge in [-0.3, -0.25) is 9.59 Å². The fraction of sp³-hybridized carbons (Fsp3) is 0.450. The van der Waals surface area contributed by atoms with Crippen LogP contribution in [-0.2, 0) is 9.53 Å². The third-order valence-corrected chi connectivity index (χ3v) is 5.90. The third kappa shape index (κ3) is 3.89. The Bertz CT molecular complexity index is 820. The minimum absolute atomic E-state index is 0.00580. The van der Waals surface area contributed by atoms with Gasteiger partial charge in [0.05, 0.1) is 23.3 Å². The predicted octanol–water partition coefficient (Wildman–Crippen LogP) is 2.57. The second kappa shape index (κ2) is 7.78. The van der Waals surface area contributed by atoms with E-state index in [9.17, 15) is 9.59 Å². The predicted molar refractivity (Wildman–Crippen MR) is 104 cm³/mol. The van der Waals surface area contributed by atoms with E-state index in [4.69, 9.17) is 4.74 Å². The lowest BCUT2D eigenvalue weighted by Crippen LogP contribution is -2.48. The van der Waals surface area contributed by atoms with Gasteiger partial charge in [-0.15, -0.1) is 11.3 Å². The Morgan fingerprint density at radius 2 is 2.19 bits per heavy atom. The molecular weight excluding hydrogens is 362 g/mol. The Kier molecular flexibility index (Phi) is 5.22. The molecule has 1 aromatic heterocycles. The van der Waals surface area contributed by atoms with Gasteiger partial charge in [0.1, 0.15) is 6.61 Å². The molecule has 4 rings (SSSR count). The van der Waals surface area contributed by atoms with Gasteiger partial charge in [-0.25, -0.2) is 4.98 Å². The molecule has 0 bridgehead atoms. The molecule has 7 heteroatoms. The lowest BCUT2D eigenvalue weighted by Gasteiger charge is -2.28. The van der Waals surface area contributed by atoms with Crippen molar-refractivity contribution < 1.29 is 14.3 Å². The number of hydrogen-bond donors (Lipinski definition) is 1. The SMILES string of the molecule is COCC(=O)N1CC[C@@H](NC(=O)c2cccc(-c3cscn3)c2)[C@@H]1C1CC1. The highest BCUT2D eigenvalue weighted by Gasteiger charge is 2.46. The molecule has 142 valence electrons. The van der Waals surface area contributed by atoms with Crippen molar-refractivity contribution in [3.63, 3.8) is 0 Å². The standard InChI is InChI=1S/C20H23N3O3S/c1-26-10-18(24)23-8-7-16(19(23)13-5-6-13)22-20(25)15-4-2-3-14(9-15)17-11-27-12-21-17/h2-4,9,11-13,16,19H,5-8,10H2,1H3,(H,22,25)/t16-,19+/m1/s1. The molecule has 0 radical (unpaired) electrons. The van der Waals surface area contributed by atoms with E-state index in [-0.39, 0.29) is 30.5 Å². The fourth-order valence-corrected chi connectivity index (χ4v) is 4.48. The molecule has 0 unspecified atom stereocenters. The van der Waals surface area contributed by atoms with Crippen LogP contribution in [0, 0.1) is 5.92 Å². The summed E-state index contributed by atoms with van der Waals surface area (Å²) >= 11 is 1.53. The maximum absolute atomic E-state index is 12.9. The number of thiazole rings is 1. The van der Waals surface area contributed by atoms with Crippen LogP contribution >= 0.6 is 11.3 Å².